The van der Waals surface area contributed by atoms with Crippen molar-refractivity contribution in [3.63, 3.8) is 0 Å². The molecule has 0 aromatic heterocycles. The van der Waals surface area contributed by atoms with Crippen molar-refractivity contribution in [2.45, 2.75) is 18.7 Å². The average molecular weight is 357 g/mol. The zero-order chi connectivity index (χ0) is 15.6. The highest BCUT2D eigenvalue weighted by molar-refractivity contribution is 7.89. The Kier molecular flexibility index (Phi) is 7.45. The summed E-state index contributed by atoms with van der Waals surface area (Å²) in [7, 11) is -0.690. The number of halogens is 2. The molecule has 1 aromatic rings. The van der Waals surface area contributed by atoms with Crippen molar-refractivity contribution < 1.29 is 13.2 Å². The van der Waals surface area contributed by atoms with Crippen LogP contribution >= 0.6 is 24.0 Å². The summed E-state index contributed by atoms with van der Waals surface area (Å²) in [4.78, 5) is 0.0360. The lowest BCUT2D eigenvalue weighted by atomic mass is 9.94. The minimum atomic E-state index is -3.68. The summed E-state index contributed by atoms with van der Waals surface area (Å²) < 4.78 is 31.4. The Hall–Kier alpha value is -0.530. The molecule has 0 amide bonds. The fourth-order valence-corrected chi connectivity index (χ4v) is 3.57. The maximum atomic E-state index is 12.6. The summed E-state index contributed by atoms with van der Waals surface area (Å²) in [5.74, 6) is 0.444. The SMILES string of the molecule is COc1ccc(Cl)c(S(=O)(=O)N(C)CC(C)(C)CN)c1.Cl. The molecule has 0 unspecified atom stereocenters. The molecule has 0 fully saturated rings. The molecule has 1 aromatic carbocycles. The second-order valence-corrected chi connectivity index (χ2v) is 7.85. The first kappa shape index (κ1) is 20.5. The molecule has 21 heavy (non-hydrogen) atoms. The molecular formula is C13H22Cl2N2O3S. The van der Waals surface area contributed by atoms with Crippen LogP contribution in [0.2, 0.25) is 5.02 Å². The van der Waals surface area contributed by atoms with Crippen molar-refractivity contribution in [2.24, 2.45) is 11.1 Å². The molecule has 0 radical (unpaired) electrons. The molecule has 1 rings (SSSR count). The van der Waals surface area contributed by atoms with E-state index in [0.717, 1.165) is 0 Å². The van der Waals surface area contributed by atoms with E-state index >= 15 is 0 Å². The maximum Gasteiger partial charge on any atom is 0.244 e. The van der Waals surface area contributed by atoms with E-state index in [1.807, 2.05) is 13.8 Å². The molecule has 0 aliphatic heterocycles. The Morgan fingerprint density at radius 2 is 1.95 bits per heavy atom. The number of nitrogens with zero attached hydrogens (tertiary/aromatic N) is 1. The van der Waals surface area contributed by atoms with E-state index in [4.69, 9.17) is 22.1 Å². The molecule has 0 bridgehead atoms. The van der Waals surface area contributed by atoms with Crippen molar-refractivity contribution in [1.29, 1.82) is 0 Å². The molecule has 122 valence electrons. The quantitative estimate of drug-likeness (QED) is 0.848. The van der Waals surface area contributed by atoms with Gasteiger partial charge in [0.05, 0.1) is 12.1 Å². The van der Waals surface area contributed by atoms with Crippen LogP contribution in [0.25, 0.3) is 0 Å². The molecule has 0 heterocycles. The number of methoxy groups -OCH3 is 1. The van der Waals surface area contributed by atoms with Crippen LogP contribution in [0.15, 0.2) is 23.1 Å². The van der Waals surface area contributed by atoms with E-state index < -0.39 is 10.0 Å². The third-order valence-corrected chi connectivity index (χ3v) is 5.31. The molecule has 0 saturated heterocycles. The van der Waals surface area contributed by atoms with E-state index in [1.165, 1.54) is 30.6 Å². The summed E-state index contributed by atoms with van der Waals surface area (Å²) in [6.07, 6.45) is 0. The number of sulfonamides is 1. The number of ether oxygens (including phenoxy) is 1. The molecule has 0 aliphatic rings. The van der Waals surface area contributed by atoms with Gasteiger partial charge in [0.1, 0.15) is 10.6 Å². The van der Waals surface area contributed by atoms with Crippen molar-refractivity contribution in [2.75, 3.05) is 27.2 Å². The number of hydrogen-bond donors (Lipinski definition) is 1. The number of hydrogen-bond acceptors (Lipinski definition) is 4. The van der Waals surface area contributed by atoms with E-state index in [-0.39, 0.29) is 27.7 Å². The molecule has 0 aliphatic carbocycles. The Bertz CT molecular complexity index is 577. The van der Waals surface area contributed by atoms with Gasteiger partial charge in [0.2, 0.25) is 10.0 Å². The third kappa shape index (κ3) is 5.00. The lowest BCUT2D eigenvalue weighted by molar-refractivity contribution is 0.292. The minimum Gasteiger partial charge on any atom is -0.497 e. The lowest BCUT2D eigenvalue weighted by Crippen LogP contribution is -2.39. The maximum absolute atomic E-state index is 12.6. The Balaban J connectivity index is 0.00000400. The van der Waals surface area contributed by atoms with Crippen LogP contribution in [-0.2, 0) is 10.0 Å². The minimum absolute atomic E-state index is 0. The highest BCUT2D eigenvalue weighted by atomic mass is 35.5. The van der Waals surface area contributed by atoms with Gasteiger partial charge in [-0.05, 0) is 24.1 Å². The van der Waals surface area contributed by atoms with Gasteiger partial charge >= 0.3 is 0 Å². The van der Waals surface area contributed by atoms with Gasteiger partial charge in [-0.25, -0.2) is 12.7 Å². The molecule has 5 nitrogen and oxygen atoms in total. The van der Waals surface area contributed by atoms with Gasteiger partial charge in [0.15, 0.2) is 0 Å². The highest BCUT2D eigenvalue weighted by Crippen LogP contribution is 2.29. The highest BCUT2D eigenvalue weighted by Gasteiger charge is 2.29. The van der Waals surface area contributed by atoms with Gasteiger partial charge in [-0.2, -0.15) is 0 Å². The molecule has 0 saturated carbocycles. The topological polar surface area (TPSA) is 72.6 Å². The molecule has 0 atom stereocenters. The normalized spacial score (nSPS) is 12.1. The van der Waals surface area contributed by atoms with Gasteiger partial charge < -0.3 is 10.5 Å². The van der Waals surface area contributed by atoms with Crippen LogP contribution in [0.4, 0.5) is 0 Å². The summed E-state index contributed by atoms with van der Waals surface area (Å²) in [6.45, 7) is 4.51. The summed E-state index contributed by atoms with van der Waals surface area (Å²) >= 11 is 6.00. The van der Waals surface area contributed by atoms with Crippen LogP contribution < -0.4 is 10.5 Å². The van der Waals surface area contributed by atoms with Gasteiger partial charge in [-0.15, -0.1) is 12.4 Å². The second-order valence-electron chi connectivity index (χ2n) is 5.43. The Morgan fingerprint density at radius 3 is 2.43 bits per heavy atom. The van der Waals surface area contributed by atoms with Gasteiger partial charge in [-0.3, -0.25) is 0 Å². The Morgan fingerprint density at radius 1 is 1.38 bits per heavy atom. The van der Waals surface area contributed by atoms with Crippen molar-refractivity contribution in [3.8, 4) is 5.75 Å². The zero-order valence-electron chi connectivity index (χ0n) is 12.6. The Labute approximate surface area is 137 Å². The first-order chi connectivity index (χ1) is 9.14. The van der Waals surface area contributed by atoms with Crippen LogP contribution in [0.5, 0.6) is 5.75 Å². The van der Waals surface area contributed by atoms with E-state index in [9.17, 15) is 8.42 Å². The van der Waals surface area contributed by atoms with E-state index in [0.29, 0.717) is 18.8 Å². The number of rotatable bonds is 6. The predicted molar refractivity (Wildman–Crippen MR) is 87.9 cm³/mol. The van der Waals surface area contributed by atoms with Crippen molar-refractivity contribution >= 4 is 34.0 Å². The largest absolute Gasteiger partial charge is 0.497 e. The third-order valence-electron chi connectivity index (χ3n) is 3.03. The van der Waals surface area contributed by atoms with Gasteiger partial charge in [0.25, 0.3) is 0 Å². The van der Waals surface area contributed by atoms with E-state index in [2.05, 4.69) is 0 Å². The molecule has 8 heteroatoms. The first-order valence-corrected chi connectivity index (χ1v) is 7.96. The monoisotopic (exact) mass is 356 g/mol. The number of nitrogens with two attached hydrogens (primary N) is 1. The number of benzene rings is 1. The smallest absolute Gasteiger partial charge is 0.244 e. The predicted octanol–water partition coefficient (Wildman–Crippen LogP) is 2.38. The molecular weight excluding hydrogens is 335 g/mol. The van der Waals surface area contributed by atoms with Gasteiger partial charge in [-0.1, -0.05) is 25.4 Å². The summed E-state index contributed by atoms with van der Waals surface area (Å²) in [5, 5.41) is 0.170. The van der Waals surface area contributed by atoms with Crippen LogP contribution in [0.1, 0.15) is 13.8 Å². The fraction of sp³-hybridized carbons (Fsp3) is 0.538. The van der Waals surface area contributed by atoms with Crippen molar-refractivity contribution in [1.82, 2.24) is 4.31 Å². The zero-order valence-corrected chi connectivity index (χ0v) is 15.0. The lowest BCUT2D eigenvalue weighted by Gasteiger charge is -2.28. The van der Waals surface area contributed by atoms with Crippen LogP contribution in [0, 0.1) is 5.41 Å². The molecule has 2 N–H and O–H groups in total. The summed E-state index contributed by atoms with van der Waals surface area (Å²) in [6, 6.07) is 4.55. The van der Waals surface area contributed by atoms with Crippen molar-refractivity contribution in [3.05, 3.63) is 23.2 Å². The molecule has 0 spiro atoms. The van der Waals surface area contributed by atoms with Crippen LogP contribution in [0.3, 0.4) is 0 Å². The standard InChI is InChI=1S/C13H21ClN2O3S.ClH/c1-13(2,8-15)9-16(3)20(17,18)12-7-10(19-4)5-6-11(12)14;/h5-7H,8-9,15H2,1-4H3;1H. The van der Waals surface area contributed by atoms with Crippen LogP contribution in [-0.4, -0.2) is 40.0 Å². The fourth-order valence-electron chi connectivity index (χ4n) is 1.73. The second kappa shape index (κ2) is 7.65. The average Bonchev–Trinajstić information content (AvgIpc) is 2.38. The summed E-state index contributed by atoms with van der Waals surface area (Å²) in [5.41, 5.74) is 5.33. The first-order valence-electron chi connectivity index (χ1n) is 6.14. The van der Waals surface area contributed by atoms with E-state index in [1.54, 1.807) is 6.07 Å². The van der Waals surface area contributed by atoms with Gasteiger partial charge in [0, 0.05) is 19.7 Å².